The van der Waals surface area contributed by atoms with E-state index in [0.717, 1.165) is 0 Å². The van der Waals surface area contributed by atoms with Gasteiger partial charge in [-0.15, -0.1) is 5.06 Å². The number of rotatable bonds is 4. The summed E-state index contributed by atoms with van der Waals surface area (Å²) in [6.07, 6.45) is -0.762. The Labute approximate surface area is 122 Å². The van der Waals surface area contributed by atoms with E-state index in [-0.39, 0.29) is 19.3 Å². The summed E-state index contributed by atoms with van der Waals surface area (Å²) in [4.78, 5) is 50.4. The lowest BCUT2D eigenvalue weighted by Gasteiger charge is -2.22. The van der Waals surface area contributed by atoms with Gasteiger partial charge in [0, 0.05) is 18.9 Å². The van der Waals surface area contributed by atoms with Crippen molar-refractivity contribution >= 4 is 23.9 Å². The quantitative estimate of drug-likeness (QED) is 0.774. The highest BCUT2D eigenvalue weighted by Crippen LogP contribution is 2.13. The van der Waals surface area contributed by atoms with E-state index in [1.165, 1.54) is 0 Å². The number of nitrogens with one attached hydrogen (secondary N) is 1. The predicted molar refractivity (Wildman–Crippen MR) is 70.6 cm³/mol. The highest BCUT2D eigenvalue weighted by Gasteiger charge is 2.33. The maximum atomic E-state index is 11.6. The Bertz CT molecular complexity index is 438. The maximum absolute atomic E-state index is 11.6. The Balaban J connectivity index is 2.39. The number of hydrogen-bond donors (Lipinski definition) is 1. The van der Waals surface area contributed by atoms with Crippen LogP contribution in [0.5, 0.6) is 0 Å². The fourth-order valence-electron chi connectivity index (χ4n) is 1.61. The zero-order valence-corrected chi connectivity index (χ0v) is 12.6. The lowest BCUT2D eigenvalue weighted by atomic mass is 10.2. The fourth-order valence-corrected chi connectivity index (χ4v) is 1.61. The van der Waals surface area contributed by atoms with Crippen LogP contribution in [0.2, 0.25) is 0 Å². The van der Waals surface area contributed by atoms with Gasteiger partial charge in [0.25, 0.3) is 11.8 Å². The smallest absolute Gasteiger partial charge is 0.407 e. The molecule has 3 amide bonds. The van der Waals surface area contributed by atoms with Crippen LogP contribution in [0.3, 0.4) is 0 Å². The minimum atomic E-state index is -0.776. The van der Waals surface area contributed by atoms with Crippen molar-refractivity contribution in [1.29, 1.82) is 0 Å². The molecule has 8 nitrogen and oxygen atoms in total. The topological polar surface area (TPSA) is 102 Å². The maximum Gasteiger partial charge on any atom is 0.407 e. The number of alkyl carbamates (subject to hydrolysis) is 1. The van der Waals surface area contributed by atoms with Crippen LogP contribution in [0, 0.1) is 0 Å². The third-order valence-electron chi connectivity index (χ3n) is 2.43. The van der Waals surface area contributed by atoms with Crippen LogP contribution in [0.15, 0.2) is 0 Å². The van der Waals surface area contributed by atoms with E-state index in [9.17, 15) is 19.2 Å². The van der Waals surface area contributed by atoms with Crippen molar-refractivity contribution in [3.05, 3.63) is 0 Å². The van der Waals surface area contributed by atoms with Crippen LogP contribution in [0.25, 0.3) is 0 Å². The fraction of sp³-hybridized carbons (Fsp3) is 0.692. The number of carbonyl (C=O) groups excluding carboxylic acids is 4. The molecule has 118 valence electrons. The van der Waals surface area contributed by atoms with Crippen LogP contribution in [-0.4, -0.2) is 40.6 Å². The van der Waals surface area contributed by atoms with E-state index < -0.39 is 35.5 Å². The molecule has 21 heavy (non-hydrogen) atoms. The van der Waals surface area contributed by atoms with Gasteiger partial charge < -0.3 is 14.9 Å². The van der Waals surface area contributed by atoms with Crippen molar-refractivity contribution < 1.29 is 28.8 Å². The van der Waals surface area contributed by atoms with E-state index in [1.54, 1.807) is 27.7 Å². The van der Waals surface area contributed by atoms with E-state index in [4.69, 9.17) is 9.57 Å². The van der Waals surface area contributed by atoms with Crippen LogP contribution < -0.4 is 5.32 Å². The van der Waals surface area contributed by atoms with Gasteiger partial charge in [0.05, 0.1) is 6.42 Å². The molecule has 1 aliphatic rings. The largest absolute Gasteiger partial charge is 0.444 e. The molecular weight excluding hydrogens is 280 g/mol. The third kappa shape index (κ3) is 5.80. The Morgan fingerprint density at radius 1 is 1.24 bits per heavy atom. The molecule has 0 saturated carbocycles. The highest BCUT2D eigenvalue weighted by molar-refractivity contribution is 6.01. The van der Waals surface area contributed by atoms with Gasteiger partial charge in [-0.05, 0) is 27.7 Å². The second-order valence-electron chi connectivity index (χ2n) is 5.80. The van der Waals surface area contributed by atoms with Gasteiger partial charge in [-0.1, -0.05) is 0 Å². The lowest BCUT2D eigenvalue weighted by molar-refractivity contribution is -0.197. The molecule has 1 fully saturated rings. The van der Waals surface area contributed by atoms with Crippen molar-refractivity contribution in [2.75, 3.05) is 0 Å². The minimum absolute atomic E-state index is 0.0395. The second kappa shape index (κ2) is 6.55. The van der Waals surface area contributed by atoms with Gasteiger partial charge >= 0.3 is 12.1 Å². The van der Waals surface area contributed by atoms with Crippen molar-refractivity contribution in [2.24, 2.45) is 0 Å². The number of ether oxygens (including phenoxy) is 1. The number of carbonyl (C=O) groups is 4. The molecule has 1 aliphatic heterocycles. The van der Waals surface area contributed by atoms with E-state index in [1.807, 2.05) is 0 Å². The number of amides is 3. The van der Waals surface area contributed by atoms with Crippen LogP contribution in [0.4, 0.5) is 4.79 Å². The molecule has 0 aliphatic carbocycles. The number of hydrogen-bond acceptors (Lipinski definition) is 6. The monoisotopic (exact) mass is 300 g/mol. The molecule has 1 N–H and O–H groups in total. The first-order chi connectivity index (χ1) is 9.58. The Kier molecular flexibility index (Phi) is 5.28. The standard InChI is InChI=1S/C13H20N2O6/c1-8(14-12(19)20-13(2,3)4)7-11(18)21-15-9(16)5-6-10(15)17/h8H,5-7H2,1-4H3,(H,14,19)/t8-/m1/s1. The SMILES string of the molecule is C[C@H](CC(=O)ON1C(=O)CCC1=O)NC(=O)OC(C)(C)C. The molecule has 1 heterocycles. The van der Waals surface area contributed by atoms with Crippen molar-refractivity contribution in [2.45, 2.75) is 58.6 Å². The van der Waals surface area contributed by atoms with Gasteiger partial charge in [-0.3, -0.25) is 9.59 Å². The predicted octanol–water partition coefficient (Wildman–Crippen LogP) is 0.897. The number of hydroxylamine groups is 2. The third-order valence-corrected chi connectivity index (χ3v) is 2.43. The van der Waals surface area contributed by atoms with E-state index in [0.29, 0.717) is 5.06 Å². The average molecular weight is 300 g/mol. The zero-order valence-electron chi connectivity index (χ0n) is 12.6. The Morgan fingerprint density at radius 2 is 1.76 bits per heavy atom. The van der Waals surface area contributed by atoms with E-state index in [2.05, 4.69) is 5.32 Å². The highest BCUT2D eigenvalue weighted by atomic mass is 16.7. The number of nitrogens with zero attached hydrogens (tertiary/aromatic N) is 1. The number of imide groups is 1. The molecule has 1 rings (SSSR count). The second-order valence-corrected chi connectivity index (χ2v) is 5.80. The van der Waals surface area contributed by atoms with Gasteiger partial charge in [0.1, 0.15) is 5.60 Å². The molecule has 0 spiro atoms. The van der Waals surface area contributed by atoms with Gasteiger partial charge in [-0.2, -0.15) is 0 Å². The molecule has 0 radical (unpaired) electrons. The Hall–Kier alpha value is -2.12. The minimum Gasteiger partial charge on any atom is -0.444 e. The molecule has 1 saturated heterocycles. The first-order valence-corrected chi connectivity index (χ1v) is 6.64. The normalized spacial score (nSPS) is 16.7. The molecule has 0 bridgehead atoms. The average Bonchev–Trinajstić information content (AvgIpc) is 2.57. The molecule has 0 aromatic carbocycles. The van der Waals surface area contributed by atoms with Crippen LogP contribution in [0.1, 0.15) is 47.0 Å². The summed E-state index contributed by atoms with van der Waals surface area (Å²) in [5.41, 5.74) is -0.640. The molecule has 1 atom stereocenters. The molecular formula is C13H20N2O6. The summed E-state index contributed by atoms with van der Waals surface area (Å²) in [5.74, 6) is -1.86. The van der Waals surface area contributed by atoms with Crippen molar-refractivity contribution in [3.8, 4) is 0 Å². The first kappa shape index (κ1) is 16.9. The summed E-state index contributed by atoms with van der Waals surface area (Å²) >= 11 is 0. The molecule has 8 heteroatoms. The molecule has 0 unspecified atom stereocenters. The van der Waals surface area contributed by atoms with Gasteiger partial charge in [0.15, 0.2) is 0 Å². The summed E-state index contributed by atoms with van der Waals surface area (Å²) in [6, 6.07) is -0.555. The summed E-state index contributed by atoms with van der Waals surface area (Å²) < 4.78 is 5.04. The first-order valence-electron chi connectivity index (χ1n) is 6.64. The van der Waals surface area contributed by atoms with Crippen molar-refractivity contribution in [3.63, 3.8) is 0 Å². The van der Waals surface area contributed by atoms with Crippen LogP contribution in [-0.2, 0) is 24.0 Å². The Morgan fingerprint density at radius 3 is 2.24 bits per heavy atom. The summed E-state index contributed by atoms with van der Waals surface area (Å²) in [7, 11) is 0. The van der Waals surface area contributed by atoms with E-state index >= 15 is 0 Å². The lowest BCUT2D eigenvalue weighted by Crippen LogP contribution is -2.40. The van der Waals surface area contributed by atoms with Crippen molar-refractivity contribution in [1.82, 2.24) is 10.4 Å². The molecule has 0 aromatic heterocycles. The molecule has 0 aromatic rings. The van der Waals surface area contributed by atoms with Gasteiger partial charge in [0.2, 0.25) is 0 Å². The van der Waals surface area contributed by atoms with Gasteiger partial charge in [-0.25, -0.2) is 9.59 Å². The van der Waals surface area contributed by atoms with Crippen LogP contribution >= 0.6 is 0 Å². The summed E-state index contributed by atoms with van der Waals surface area (Å²) in [5, 5.41) is 2.94. The summed E-state index contributed by atoms with van der Waals surface area (Å²) in [6.45, 7) is 6.74. The zero-order chi connectivity index (χ0) is 16.2.